The van der Waals surface area contributed by atoms with Gasteiger partial charge in [-0.05, 0) is 25.7 Å². The standard InChI is InChI=1S/C20H40O3/c1-5-7-9-10-11-12-13-15-19(20(21-3)22-4)16-14-18-23-17-8-6-2/h8,17,19-20H,5-7,9-16,18H2,1-4H3. The van der Waals surface area contributed by atoms with Gasteiger partial charge in [0, 0.05) is 20.1 Å². The topological polar surface area (TPSA) is 27.7 Å². The molecule has 0 fully saturated rings. The fourth-order valence-corrected chi connectivity index (χ4v) is 2.92. The van der Waals surface area contributed by atoms with Crippen molar-refractivity contribution in [1.82, 2.24) is 0 Å². The fraction of sp³-hybridized carbons (Fsp3) is 0.900. The van der Waals surface area contributed by atoms with Gasteiger partial charge in [0.25, 0.3) is 0 Å². The number of methoxy groups -OCH3 is 2. The molecule has 3 nitrogen and oxygen atoms in total. The van der Waals surface area contributed by atoms with E-state index in [0.29, 0.717) is 5.92 Å². The molecule has 1 atom stereocenters. The second-order valence-electron chi connectivity index (χ2n) is 6.30. The van der Waals surface area contributed by atoms with Crippen molar-refractivity contribution < 1.29 is 14.2 Å². The molecule has 0 aliphatic carbocycles. The molecule has 0 saturated heterocycles. The Bertz CT molecular complexity index is 249. The van der Waals surface area contributed by atoms with Crippen LogP contribution in [0.5, 0.6) is 0 Å². The first-order valence-electron chi connectivity index (χ1n) is 9.62. The maximum atomic E-state index is 5.49. The maximum absolute atomic E-state index is 5.49. The molecule has 0 radical (unpaired) electrons. The van der Waals surface area contributed by atoms with E-state index >= 15 is 0 Å². The van der Waals surface area contributed by atoms with Gasteiger partial charge in [-0.15, -0.1) is 0 Å². The molecular formula is C20H40O3. The predicted molar refractivity (Wildman–Crippen MR) is 98.5 cm³/mol. The summed E-state index contributed by atoms with van der Waals surface area (Å²) in [5.41, 5.74) is 0. The van der Waals surface area contributed by atoms with Gasteiger partial charge in [-0.25, -0.2) is 0 Å². The second kappa shape index (κ2) is 17.8. The minimum atomic E-state index is -0.0822. The van der Waals surface area contributed by atoms with Crippen LogP contribution in [0, 0.1) is 5.92 Å². The minimum Gasteiger partial charge on any atom is -0.502 e. The van der Waals surface area contributed by atoms with Crippen LogP contribution in [0.25, 0.3) is 0 Å². The zero-order valence-electron chi connectivity index (χ0n) is 16.0. The first-order valence-corrected chi connectivity index (χ1v) is 9.62. The van der Waals surface area contributed by atoms with Crippen LogP contribution in [-0.4, -0.2) is 27.1 Å². The van der Waals surface area contributed by atoms with Gasteiger partial charge in [0.05, 0.1) is 12.9 Å². The lowest BCUT2D eigenvalue weighted by molar-refractivity contribution is -0.141. The quantitative estimate of drug-likeness (QED) is 0.184. The summed E-state index contributed by atoms with van der Waals surface area (Å²) in [7, 11) is 3.48. The van der Waals surface area contributed by atoms with Crippen LogP contribution in [0.3, 0.4) is 0 Å². The van der Waals surface area contributed by atoms with Crippen molar-refractivity contribution in [2.75, 3.05) is 20.8 Å². The summed E-state index contributed by atoms with van der Waals surface area (Å²) in [5.74, 6) is 0.472. The number of unbranched alkanes of at least 4 members (excludes halogenated alkanes) is 6. The third-order valence-corrected chi connectivity index (χ3v) is 4.29. The number of allylic oxidation sites excluding steroid dienone is 1. The molecule has 0 N–H and O–H groups in total. The summed E-state index contributed by atoms with van der Waals surface area (Å²) < 4.78 is 16.5. The Kier molecular flexibility index (Phi) is 17.4. The van der Waals surface area contributed by atoms with E-state index in [1.165, 1.54) is 51.4 Å². The number of hydrogen-bond donors (Lipinski definition) is 0. The van der Waals surface area contributed by atoms with E-state index in [1.54, 1.807) is 14.2 Å². The van der Waals surface area contributed by atoms with E-state index in [4.69, 9.17) is 14.2 Å². The molecule has 0 bridgehead atoms. The summed E-state index contributed by atoms with van der Waals surface area (Å²) in [4.78, 5) is 0. The van der Waals surface area contributed by atoms with E-state index in [1.807, 2.05) is 12.3 Å². The van der Waals surface area contributed by atoms with E-state index < -0.39 is 0 Å². The van der Waals surface area contributed by atoms with Crippen LogP contribution in [0.2, 0.25) is 0 Å². The minimum absolute atomic E-state index is 0.0822. The molecule has 0 aromatic heterocycles. The lowest BCUT2D eigenvalue weighted by Crippen LogP contribution is -2.25. The van der Waals surface area contributed by atoms with Gasteiger partial charge in [0.2, 0.25) is 0 Å². The van der Waals surface area contributed by atoms with Crippen LogP contribution in [-0.2, 0) is 14.2 Å². The maximum Gasteiger partial charge on any atom is 0.159 e. The Hall–Kier alpha value is -0.540. The van der Waals surface area contributed by atoms with E-state index in [2.05, 4.69) is 13.8 Å². The molecule has 138 valence electrons. The van der Waals surface area contributed by atoms with Crippen molar-refractivity contribution in [2.45, 2.75) is 90.8 Å². The Morgan fingerprint density at radius 3 is 2.00 bits per heavy atom. The zero-order valence-corrected chi connectivity index (χ0v) is 16.0. The first kappa shape index (κ1) is 22.5. The normalized spacial score (nSPS) is 13.1. The highest BCUT2D eigenvalue weighted by molar-refractivity contribution is 4.71. The molecule has 0 spiro atoms. The van der Waals surface area contributed by atoms with Gasteiger partial charge in [-0.3, -0.25) is 0 Å². The average molecular weight is 329 g/mol. The number of rotatable bonds is 17. The Morgan fingerprint density at radius 1 is 0.783 bits per heavy atom. The highest BCUT2D eigenvalue weighted by Gasteiger charge is 2.20. The van der Waals surface area contributed by atoms with Crippen molar-refractivity contribution in [3.05, 3.63) is 12.3 Å². The fourth-order valence-electron chi connectivity index (χ4n) is 2.92. The van der Waals surface area contributed by atoms with Gasteiger partial charge >= 0.3 is 0 Å². The number of ether oxygens (including phenoxy) is 3. The summed E-state index contributed by atoms with van der Waals surface area (Å²) in [6.45, 7) is 5.16. The largest absolute Gasteiger partial charge is 0.502 e. The van der Waals surface area contributed by atoms with Gasteiger partial charge in [-0.1, -0.05) is 64.9 Å². The Balaban J connectivity index is 3.89. The predicted octanol–water partition coefficient (Wildman–Crippen LogP) is 6.08. The Labute approximate surface area is 144 Å². The molecule has 0 aliphatic rings. The highest BCUT2D eigenvalue weighted by Crippen LogP contribution is 2.22. The molecule has 0 aromatic rings. The molecule has 3 heteroatoms. The van der Waals surface area contributed by atoms with Crippen molar-refractivity contribution in [1.29, 1.82) is 0 Å². The molecular weight excluding hydrogens is 288 g/mol. The van der Waals surface area contributed by atoms with Gasteiger partial charge in [0.15, 0.2) is 6.29 Å². The molecule has 0 aromatic carbocycles. The first-order chi connectivity index (χ1) is 11.3. The molecule has 0 rings (SSSR count). The molecule has 0 aliphatic heterocycles. The molecule has 1 unspecified atom stereocenters. The molecule has 23 heavy (non-hydrogen) atoms. The van der Waals surface area contributed by atoms with Gasteiger partial charge < -0.3 is 14.2 Å². The van der Waals surface area contributed by atoms with Crippen molar-refractivity contribution >= 4 is 0 Å². The van der Waals surface area contributed by atoms with Gasteiger partial charge in [0.1, 0.15) is 0 Å². The summed E-state index contributed by atoms with van der Waals surface area (Å²) in [6, 6.07) is 0. The summed E-state index contributed by atoms with van der Waals surface area (Å²) in [6.07, 6.45) is 17.6. The monoisotopic (exact) mass is 328 g/mol. The zero-order chi connectivity index (χ0) is 17.2. The second-order valence-corrected chi connectivity index (χ2v) is 6.30. The summed E-state index contributed by atoms with van der Waals surface area (Å²) in [5, 5.41) is 0. The third kappa shape index (κ3) is 13.6. The van der Waals surface area contributed by atoms with Crippen molar-refractivity contribution in [3.8, 4) is 0 Å². The van der Waals surface area contributed by atoms with E-state index in [-0.39, 0.29) is 6.29 Å². The lowest BCUT2D eigenvalue weighted by atomic mass is 9.95. The van der Waals surface area contributed by atoms with Crippen molar-refractivity contribution in [2.24, 2.45) is 5.92 Å². The third-order valence-electron chi connectivity index (χ3n) is 4.29. The highest BCUT2D eigenvalue weighted by atomic mass is 16.7. The van der Waals surface area contributed by atoms with Crippen molar-refractivity contribution in [3.63, 3.8) is 0 Å². The van der Waals surface area contributed by atoms with E-state index in [0.717, 1.165) is 25.9 Å². The molecule has 0 saturated carbocycles. The van der Waals surface area contributed by atoms with E-state index in [9.17, 15) is 0 Å². The number of hydrogen-bond acceptors (Lipinski definition) is 3. The van der Waals surface area contributed by atoms with Crippen LogP contribution < -0.4 is 0 Å². The average Bonchev–Trinajstić information content (AvgIpc) is 2.57. The Morgan fingerprint density at radius 2 is 1.39 bits per heavy atom. The van der Waals surface area contributed by atoms with Crippen LogP contribution in [0.4, 0.5) is 0 Å². The smallest absolute Gasteiger partial charge is 0.159 e. The molecule has 0 heterocycles. The lowest BCUT2D eigenvalue weighted by Gasteiger charge is -2.24. The van der Waals surface area contributed by atoms with Crippen LogP contribution in [0.15, 0.2) is 12.3 Å². The SMILES string of the molecule is CCC=COCCCC(CCCCCCCCC)C(OC)OC. The van der Waals surface area contributed by atoms with Crippen LogP contribution in [0.1, 0.15) is 84.5 Å². The summed E-state index contributed by atoms with van der Waals surface area (Å²) >= 11 is 0. The van der Waals surface area contributed by atoms with Gasteiger partial charge in [-0.2, -0.15) is 0 Å². The van der Waals surface area contributed by atoms with Crippen LogP contribution >= 0.6 is 0 Å². The molecule has 0 amide bonds.